The second-order valence-electron chi connectivity index (χ2n) is 3.41. The first-order valence-corrected chi connectivity index (χ1v) is 5.13. The van der Waals surface area contributed by atoms with Crippen LogP contribution in [0, 0.1) is 0 Å². The zero-order chi connectivity index (χ0) is 12.3. The van der Waals surface area contributed by atoms with Gasteiger partial charge in [0.1, 0.15) is 11.4 Å². The molecule has 1 aromatic carbocycles. The summed E-state index contributed by atoms with van der Waals surface area (Å²) in [5, 5.41) is 12.2. The van der Waals surface area contributed by atoms with Crippen molar-refractivity contribution in [1.82, 2.24) is 9.97 Å². The van der Waals surface area contributed by atoms with E-state index in [0.29, 0.717) is 11.7 Å². The van der Waals surface area contributed by atoms with Gasteiger partial charge in [-0.2, -0.15) is 4.98 Å². The smallest absolute Gasteiger partial charge is 0.240 e. The number of benzene rings is 1. The molecule has 88 valence electrons. The van der Waals surface area contributed by atoms with Gasteiger partial charge < -0.3 is 15.2 Å². The van der Waals surface area contributed by atoms with Crippen LogP contribution in [0.3, 0.4) is 0 Å². The molecule has 0 fully saturated rings. The Morgan fingerprint density at radius 3 is 2.53 bits per heavy atom. The lowest BCUT2D eigenvalue weighted by atomic mass is 10.2. The molecule has 5 nitrogen and oxygen atoms in total. The predicted molar refractivity (Wildman–Crippen MR) is 65.2 cm³/mol. The van der Waals surface area contributed by atoms with Crippen molar-refractivity contribution in [2.24, 2.45) is 0 Å². The molecule has 2 rings (SSSR count). The van der Waals surface area contributed by atoms with Crippen LogP contribution in [0.4, 0.5) is 5.69 Å². The third-order valence-corrected chi connectivity index (χ3v) is 2.34. The molecule has 0 spiro atoms. The third kappa shape index (κ3) is 2.28. The van der Waals surface area contributed by atoms with Gasteiger partial charge in [0.15, 0.2) is 5.82 Å². The minimum atomic E-state index is 0.215. The third-order valence-electron chi connectivity index (χ3n) is 2.34. The standard InChI is InChI=1S/C12H13N3O2/c1-13-10-7-14-11(15-12(10)17-2)8-3-5-9(16)6-4-8/h3-7,13,16H,1-2H3. The van der Waals surface area contributed by atoms with E-state index in [1.807, 2.05) is 0 Å². The normalized spacial score (nSPS) is 10.0. The second kappa shape index (κ2) is 4.69. The number of ether oxygens (including phenoxy) is 1. The first-order chi connectivity index (χ1) is 8.24. The number of nitrogens with zero attached hydrogens (tertiary/aromatic N) is 2. The molecule has 0 aliphatic carbocycles. The van der Waals surface area contributed by atoms with Gasteiger partial charge in [-0.3, -0.25) is 0 Å². The van der Waals surface area contributed by atoms with Crippen molar-refractivity contribution in [2.75, 3.05) is 19.5 Å². The molecular formula is C12H13N3O2. The summed E-state index contributed by atoms with van der Waals surface area (Å²) >= 11 is 0. The van der Waals surface area contributed by atoms with E-state index in [0.717, 1.165) is 11.3 Å². The van der Waals surface area contributed by atoms with Crippen LogP contribution < -0.4 is 10.1 Å². The number of aromatic nitrogens is 2. The van der Waals surface area contributed by atoms with Crippen LogP contribution in [0.1, 0.15) is 0 Å². The van der Waals surface area contributed by atoms with Gasteiger partial charge in [-0.15, -0.1) is 0 Å². The summed E-state index contributed by atoms with van der Waals surface area (Å²) in [5.74, 6) is 1.26. The van der Waals surface area contributed by atoms with E-state index >= 15 is 0 Å². The molecule has 0 aliphatic heterocycles. The molecule has 0 amide bonds. The van der Waals surface area contributed by atoms with E-state index in [2.05, 4.69) is 15.3 Å². The number of hydrogen-bond donors (Lipinski definition) is 2. The molecule has 1 aromatic heterocycles. The average Bonchev–Trinajstić information content (AvgIpc) is 2.39. The molecule has 2 aromatic rings. The number of methoxy groups -OCH3 is 1. The van der Waals surface area contributed by atoms with E-state index in [9.17, 15) is 5.11 Å². The van der Waals surface area contributed by atoms with Gasteiger partial charge >= 0.3 is 0 Å². The lowest BCUT2D eigenvalue weighted by Gasteiger charge is -2.08. The number of hydrogen-bond acceptors (Lipinski definition) is 5. The maximum absolute atomic E-state index is 9.21. The summed E-state index contributed by atoms with van der Waals surface area (Å²) in [5.41, 5.74) is 1.55. The fourth-order valence-corrected chi connectivity index (χ4v) is 1.44. The Morgan fingerprint density at radius 2 is 1.94 bits per heavy atom. The van der Waals surface area contributed by atoms with Crippen molar-refractivity contribution in [3.63, 3.8) is 0 Å². The van der Waals surface area contributed by atoms with Gasteiger partial charge in [0.25, 0.3) is 0 Å². The molecule has 0 saturated carbocycles. The molecule has 2 N–H and O–H groups in total. The van der Waals surface area contributed by atoms with Crippen LogP contribution in [0.25, 0.3) is 11.4 Å². The largest absolute Gasteiger partial charge is 0.508 e. The fraction of sp³-hybridized carbons (Fsp3) is 0.167. The lowest BCUT2D eigenvalue weighted by Crippen LogP contribution is -1.99. The SMILES string of the molecule is CNc1cnc(-c2ccc(O)cc2)nc1OC. The molecule has 0 unspecified atom stereocenters. The Bertz CT molecular complexity index is 512. The first kappa shape index (κ1) is 11.2. The van der Waals surface area contributed by atoms with Gasteiger partial charge in [-0.25, -0.2) is 4.98 Å². The van der Waals surface area contributed by atoms with Crippen molar-refractivity contribution in [2.45, 2.75) is 0 Å². The van der Waals surface area contributed by atoms with Gasteiger partial charge in [-0.1, -0.05) is 0 Å². The van der Waals surface area contributed by atoms with E-state index in [1.54, 1.807) is 44.6 Å². The van der Waals surface area contributed by atoms with Gasteiger partial charge in [0.05, 0.1) is 13.3 Å². The number of nitrogens with one attached hydrogen (secondary N) is 1. The highest BCUT2D eigenvalue weighted by atomic mass is 16.5. The number of phenolic OH excluding ortho intramolecular Hbond substituents is 1. The molecule has 0 atom stereocenters. The zero-order valence-corrected chi connectivity index (χ0v) is 9.64. The maximum atomic E-state index is 9.21. The average molecular weight is 231 g/mol. The van der Waals surface area contributed by atoms with Crippen molar-refractivity contribution in [3.05, 3.63) is 30.5 Å². The summed E-state index contributed by atoms with van der Waals surface area (Å²) in [4.78, 5) is 8.51. The summed E-state index contributed by atoms with van der Waals surface area (Å²) in [6.45, 7) is 0. The number of anilines is 1. The Kier molecular flexibility index (Phi) is 3.09. The highest BCUT2D eigenvalue weighted by Gasteiger charge is 2.07. The van der Waals surface area contributed by atoms with Crippen molar-refractivity contribution in [1.29, 1.82) is 0 Å². The van der Waals surface area contributed by atoms with E-state index in [1.165, 1.54) is 0 Å². The summed E-state index contributed by atoms with van der Waals surface area (Å²) in [7, 11) is 3.34. The summed E-state index contributed by atoms with van der Waals surface area (Å²) in [6, 6.07) is 6.70. The quantitative estimate of drug-likeness (QED) is 0.844. The number of phenols is 1. The number of aromatic hydroxyl groups is 1. The van der Waals surface area contributed by atoms with Crippen LogP contribution in [-0.4, -0.2) is 29.2 Å². The summed E-state index contributed by atoms with van der Waals surface area (Å²) < 4.78 is 5.16. The van der Waals surface area contributed by atoms with Gasteiger partial charge in [0.2, 0.25) is 5.88 Å². The Labute approximate surface area is 99.1 Å². The molecule has 0 aliphatic rings. The Morgan fingerprint density at radius 1 is 1.24 bits per heavy atom. The molecule has 0 bridgehead atoms. The Hall–Kier alpha value is -2.30. The van der Waals surface area contributed by atoms with Crippen molar-refractivity contribution >= 4 is 5.69 Å². The highest BCUT2D eigenvalue weighted by Crippen LogP contribution is 2.24. The molecule has 0 radical (unpaired) electrons. The van der Waals surface area contributed by atoms with E-state index < -0.39 is 0 Å². The second-order valence-corrected chi connectivity index (χ2v) is 3.41. The van der Waals surface area contributed by atoms with Crippen LogP contribution in [-0.2, 0) is 0 Å². The van der Waals surface area contributed by atoms with Crippen LogP contribution in [0.2, 0.25) is 0 Å². The molecule has 5 heteroatoms. The fourth-order valence-electron chi connectivity index (χ4n) is 1.44. The summed E-state index contributed by atoms with van der Waals surface area (Å²) in [6.07, 6.45) is 1.66. The Balaban J connectivity index is 2.42. The molecule has 17 heavy (non-hydrogen) atoms. The zero-order valence-electron chi connectivity index (χ0n) is 9.64. The van der Waals surface area contributed by atoms with Crippen molar-refractivity contribution < 1.29 is 9.84 Å². The van der Waals surface area contributed by atoms with E-state index in [4.69, 9.17) is 4.74 Å². The van der Waals surface area contributed by atoms with Gasteiger partial charge in [0, 0.05) is 12.6 Å². The van der Waals surface area contributed by atoms with Crippen LogP contribution >= 0.6 is 0 Å². The predicted octanol–water partition coefficient (Wildman–Crippen LogP) is 1.90. The van der Waals surface area contributed by atoms with E-state index in [-0.39, 0.29) is 5.75 Å². The maximum Gasteiger partial charge on any atom is 0.240 e. The molecular weight excluding hydrogens is 218 g/mol. The monoisotopic (exact) mass is 231 g/mol. The topological polar surface area (TPSA) is 67.3 Å². The van der Waals surface area contributed by atoms with Gasteiger partial charge in [-0.05, 0) is 24.3 Å². The first-order valence-electron chi connectivity index (χ1n) is 5.13. The minimum absolute atomic E-state index is 0.215. The minimum Gasteiger partial charge on any atom is -0.508 e. The van der Waals surface area contributed by atoms with Crippen LogP contribution in [0.15, 0.2) is 30.5 Å². The van der Waals surface area contributed by atoms with Crippen molar-refractivity contribution in [3.8, 4) is 23.0 Å². The molecule has 0 saturated heterocycles. The lowest BCUT2D eigenvalue weighted by molar-refractivity contribution is 0.399. The highest BCUT2D eigenvalue weighted by molar-refractivity contribution is 5.60. The number of rotatable bonds is 3. The van der Waals surface area contributed by atoms with Crippen LogP contribution in [0.5, 0.6) is 11.6 Å². The molecule has 1 heterocycles.